The summed E-state index contributed by atoms with van der Waals surface area (Å²) in [5.41, 5.74) is 1.89. The van der Waals surface area contributed by atoms with E-state index in [1.807, 2.05) is 53.4 Å². The van der Waals surface area contributed by atoms with Crippen molar-refractivity contribution in [1.29, 1.82) is 0 Å². The number of carbonyl (C=O) groups is 1. The number of likely N-dealkylation sites (tertiary alicyclic amines) is 1. The van der Waals surface area contributed by atoms with Crippen LogP contribution in [0.3, 0.4) is 0 Å². The van der Waals surface area contributed by atoms with Gasteiger partial charge in [0.05, 0.1) is 5.92 Å². The van der Waals surface area contributed by atoms with Crippen molar-refractivity contribution in [2.24, 2.45) is 0 Å². The number of benzene rings is 2. The predicted molar refractivity (Wildman–Crippen MR) is 118 cm³/mol. The first kappa shape index (κ1) is 19.4. The Morgan fingerprint density at radius 2 is 1.87 bits per heavy atom. The number of pyridine rings is 1. The summed E-state index contributed by atoms with van der Waals surface area (Å²) in [4.78, 5) is 19.2. The first-order chi connectivity index (χ1) is 15.3. The van der Waals surface area contributed by atoms with Gasteiger partial charge in [-0.3, -0.25) is 9.78 Å². The summed E-state index contributed by atoms with van der Waals surface area (Å²) in [5.74, 6) is 1.26. The van der Waals surface area contributed by atoms with E-state index in [0.717, 1.165) is 36.6 Å². The van der Waals surface area contributed by atoms with E-state index in [4.69, 9.17) is 4.42 Å². The van der Waals surface area contributed by atoms with E-state index in [1.54, 1.807) is 6.20 Å². The van der Waals surface area contributed by atoms with Crippen LogP contribution in [0.4, 0.5) is 0 Å². The molecular formula is C25H24N4O2. The Morgan fingerprint density at radius 1 is 1.03 bits per heavy atom. The van der Waals surface area contributed by atoms with Gasteiger partial charge in [0.15, 0.2) is 0 Å². The molecule has 1 aliphatic heterocycles. The van der Waals surface area contributed by atoms with Gasteiger partial charge in [-0.05, 0) is 36.3 Å². The average molecular weight is 412 g/mol. The second kappa shape index (κ2) is 8.68. The number of nitrogens with zero attached hydrogens (tertiary/aromatic N) is 4. The van der Waals surface area contributed by atoms with Gasteiger partial charge in [0.1, 0.15) is 5.69 Å². The summed E-state index contributed by atoms with van der Waals surface area (Å²) in [6, 6.07) is 20.1. The van der Waals surface area contributed by atoms with E-state index in [2.05, 4.69) is 27.3 Å². The molecule has 3 heterocycles. The number of aryl methyl sites for hydroxylation is 1. The molecule has 2 aromatic carbocycles. The molecule has 1 fully saturated rings. The standard InChI is InChI=1S/C25H24N4O2/c30-22(13-12-18-7-2-1-3-8-18)29-16-6-10-20(17-29)24-27-28-25(31-24)23-21-11-5-4-9-19(21)14-15-26-23/h1-5,7-9,11,14-15,20H,6,10,12-13,16-17H2/t20-/m0/s1. The Labute approximate surface area is 180 Å². The van der Waals surface area contributed by atoms with Crippen LogP contribution in [0.2, 0.25) is 0 Å². The number of rotatable bonds is 5. The van der Waals surface area contributed by atoms with Crippen LogP contribution in [0, 0.1) is 0 Å². The van der Waals surface area contributed by atoms with E-state index in [-0.39, 0.29) is 11.8 Å². The van der Waals surface area contributed by atoms with Gasteiger partial charge in [0.2, 0.25) is 11.8 Å². The molecule has 5 rings (SSSR count). The monoisotopic (exact) mass is 412 g/mol. The van der Waals surface area contributed by atoms with Gasteiger partial charge in [0, 0.05) is 31.1 Å². The van der Waals surface area contributed by atoms with Crippen LogP contribution in [0.15, 0.2) is 71.3 Å². The Morgan fingerprint density at radius 3 is 2.77 bits per heavy atom. The summed E-state index contributed by atoms with van der Waals surface area (Å²) >= 11 is 0. The predicted octanol–water partition coefficient (Wildman–Crippen LogP) is 4.62. The summed E-state index contributed by atoms with van der Waals surface area (Å²) in [6.45, 7) is 1.41. The Balaban J connectivity index is 1.29. The highest BCUT2D eigenvalue weighted by Crippen LogP contribution is 2.30. The molecule has 0 radical (unpaired) electrons. The number of fused-ring (bicyclic) bond motifs is 1. The minimum absolute atomic E-state index is 0.0608. The van der Waals surface area contributed by atoms with E-state index in [0.29, 0.717) is 30.4 Å². The van der Waals surface area contributed by atoms with Crippen LogP contribution >= 0.6 is 0 Å². The molecule has 0 spiro atoms. The van der Waals surface area contributed by atoms with Gasteiger partial charge in [-0.25, -0.2) is 0 Å². The third-order valence-electron chi connectivity index (χ3n) is 5.91. The van der Waals surface area contributed by atoms with Crippen LogP contribution in [-0.2, 0) is 11.2 Å². The highest BCUT2D eigenvalue weighted by atomic mass is 16.4. The van der Waals surface area contributed by atoms with Crippen molar-refractivity contribution in [3.63, 3.8) is 0 Å². The maximum Gasteiger partial charge on any atom is 0.266 e. The molecule has 2 aromatic heterocycles. The molecular weight excluding hydrogens is 388 g/mol. The molecule has 1 aliphatic rings. The maximum atomic E-state index is 12.8. The first-order valence-electron chi connectivity index (χ1n) is 10.8. The topological polar surface area (TPSA) is 72.1 Å². The van der Waals surface area contributed by atoms with Crippen LogP contribution in [-0.4, -0.2) is 39.1 Å². The molecule has 6 heteroatoms. The van der Waals surface area contributed by atoms with Crippen molar-refractivity contribution >= 4 is 16.7 Å². The molecule has 156 valence electrons. The van der Waals surface area contributed by atoms with Gasteiger partial charge in [-0.1, -0.05) is 54.6 Å². The quantitative estimate of drug-likeness (QED) is 0.478. The summed E-state index contributed by atoms with van der Waals surface area (Å²) < 4.78 is 6.05. The molecule has 0 unspecified atom stereocenters. The minimum atomic E-state index is 0.0608. The number of hydrogen-bond donors (Lipinski definition) is 0. The molecule has 0 bridgehead atoms. The lowest BCUT2D eigenvalue weighted by Gasteiger charge is -2.31. The second-order valence-electron chi connectivity index (χ2n) is 7.99. The fourth-order valence-electron chi connectivity index (χ4n) is 4.24. The molecule has 31 heavy (non-hydrogen) atoms. The van der Waals surface area contributed by atoms with Crippen LogP contribution in [0.5, 0.6) is 0 Å². The molecule has 4 aromatic rings. The van der Waals surface area contributed by atoms with Crippen molar-refractivity contribution in [2.75, 3.05) is 13.1 Å². The molecule has 0 N–H and O–H groups in total. The average Bonchev–Trinajstić information content (AvgIpc) is 3.33. The highest BCUT2D eigenvalue weighted by molar-refractivity contribution is 5.92. The third kappa shape index (κ3) is 4.19. The summed E-state index contributed by atoms with van der Waals surface area (Å²) in [6.07, 6.45) is 4.92. The van der Waals surface area contributed by atoms with Gasteiger partial charge in [-0.2, -0.15) is 0 Å². The van der Waals surface area contributed by atoms with Crippen LogP contribution in [0.1, 0.15) is 36.6 Å². The number of carbonyl (C=O) groups excluding carboxylic acids is 1. The molecule has 0 saturated carbocycles. The number of piperidine rings is 1. The maximum absolute atomic E-state index is 12.8. The lowest BCUT2D eigenvalue weighted by Crippen LogP contribution is -2.39. The molecule has 1 amide bonds. The fourth-order valence-corrected chi connectivity index (χ4v) is 4.24. The Kier molecular flexibility index (Phi) is 5.44. The normalized spacial score (nSPS) is 16.5. The SMILES string of the molecule is O=C(CCc1ccccc1)N1CCC[C@H](c2nnc(-c3nccc4ccccc34)o2)C1. The fraction of sp³-hybridized carbons (Fsp3) is 0.280. The van der Waals surface area contributed by atoms with Crippen LogP contribution in [0.25, 0.3) is 22.4 Å². The molecule has 1 saturated heterocycles. The summed E-state index contributed by atoms with van der Waals surface area (Å²) in [5, 5.41) is 10.7. The number of hydrogen-bond acceptors (Lipinski definition) is 5. The van der Waals surface area contributed by atoms with Gasteiger partial charge in [0.25, 0.3) is 5.89 Å². The van der Waals surface area contributed by atoms with E-state index >= 15 is 0 Å². The number of amides is 1. The molecule has 0 aliphatic carbocycles. The largest absolute Gasteiger partial charge is 0.419 e. The van der Waals surface area contributed by atoms with Gasteiger partial charge >= 0.3 is 0 Å². The zero-order valence-electron chi connectivity index (χ0n) is 17.3. The van der Waals surface area contributed by atoms with Gasteiger partial charge in [-0.15, -0.1) is 10.2 Å². The van der Waals surface area contributed by atoms with Crippen molar-refractivity contribution < 1.29 is 9.21 Å². The van der Waals surface area contributed by atoms with Crippen molar-refractivity contribution in [3.8, 4) is 11.6 Å². The molecule has 1 atom stereocenters. The van der Waals surface area contributed by atoms with E-state index in [1.165, 1.54) is 5.56 Å². The van der Waals surface area contributed by atoms with Gasteiger partial charge < -0.3 is 9.32 Å². The minimum Gasteiger partial charge on any atom is -0.419 e. The second-order valence-corrected chi connectivity index (χ2v) is 7.99. The molecule has 6 nitrogen and oxygen atoms in total. The zero-order chi connectivity index (χ0) is 21.0. The van der Waals surface area contributed by atoms with Crippen molar-refractivity contribution in [1.82, 2.24) is 20.1 Å². The zero-order valence-corrected chi connectivity index (χ0v) is 17.3. The van der Waals surface area contributed by atoms with Crippen molar-refractivity contribution in [2.45, 2.75) is 31.6 Å². The van der Waals surface area contributed by atoms with E-state index < -0.39 is 0 Å². The van der Waals surface area contributed by atoms with E-state index in [9.17, 15) is 4.79 Å². The first-order valence-corrected chi connectivity index (χ1v) is 10.8. The lowest BCUT2D eigenvalue weighted by atomic mass is 9.97. The smallest absolute Gasteiger partial charge is 0.266 e. The lowest BCUT2D eigenvalue weighted by molar-refractivity contribution is -0.132. The van der Waals surface area contributed by atoms with Crippen LogP contribution < -0.4 is 0 Å². The third-order valence-corrected chi connectivity index (χ3v) is 5.91. The van der Waals surface area contributed by atoms with Crippen molar-refractivity contribution in [3.05, 3.63) is 78.3 Å². The highest BCUT2D eigenvalue weighted by Gasteiger charge is 2.28. The Bertz CT molecular complexity index is 1180. The number of aromatic nitrogens is 3. The summed E-state index contributed by atoms with van der Waals surface area (Å²) in [7, 11) is 0. The Hall–Kier alpha value is -3.54.